The number of rotatable bonds is 8. The number of carbonyl (C=O) groups is 1. The quantitative estimate of drug-likeness (QED) is 0.678. The van der Waals surface area contributed by atoms with Gasteiger partial charge < -0.3 is 20.3 Å². The summed E-state index contributed by atoms with van der Waals surface area (Å²) in [5, 5.41) is 21.2. The summed E-state index contributed by atoms with van der Waals surface area (Å²) in [4.78, 5) is 11.8. The van der Waals surface area contributed by atoms with Gasteiger partial charge in [-0.25, -0.2) is 0 Å². The summed E-state index contributed by atoms with van der Waals surface area (Å²) >= 11 is 0. The summed E-state index contributed by atoms with van der Waals surface area (Å²) in [5.74, 6) is 0.694. The minimum Gasteiger partial charge on any atom is -0.484 e. The van der Waals surface area contributed by atoms with E-state index >= 15 is 0 Å². The largest absolute Gasteiger partial charge is 0.484 e. The molecule has 21 heavy (non-hydrogen) atoms. The Morgan fingerprint density at radius 1 is 1.24 bits per heavy atom. The maximum atomic E-state index is 11.8. The highest BCUT2D eigenvalue weighted by Gasteiger charge is 2.28. The highest BCUT2D eigenvalue weighted by atomic mass is 16.5. The van der Waals surface area contributed by atoms with Crippen molar-refractivity contribution in [2.45, 2.75) is 38.6 Å². The van der Waals surface area contributed by atoms with Crippen LogP contribution in [0.5, 0.6) is 5.75 Å². The standard InChI is InChI=1S/C16H25NO4/c1-4-16(10-18,11-19)17-15(20)9-21-14-7-5-13(6-8-14)12(2)3/h5-8,12,18-19H,4,9-11H2,1-3H3,(H,17,20). The number of hydrogen-bond donors (Lipinski definition) is 3. The predicted octanol–water partition coefficient (Wildman–Crippen LogP) is 1.44. The van der Waals surface area contributed by atoms with E-state index in [1.54, 1.807) is 6.92 Å². The number of aliphatic hydroxyl groups excluding tert-OH is 2. The van der Waals surface area contributed by atoms with E-state index in [2.05, 4.69) is 19.2 Å². The van der Waals surface area contributed by atoms with Gasteiger partial charge in [0.1, 0.15) is 5.75 Å². The molecule has 0 saturated heterocycles. The van der Waals surface area contributed by atoms with Crippen LogP contribution < -0.4 is 10.1 Å². The molecule has 0 saturated carbocycles. The number of hydrogen-bond acceptors (Lipinski definition) is 4. The zero-order valence-corrected chi connectivity index (χ0v) is 12.9. The van der Waals surface area contributed by atoms with Gasteiger partial charge in [0.2, 0.25) is 0 Å². The molecule has 0 bridgehead atoms. The van der Waals surface area contributed by atoms with E-state index in [0.717, 1.165) is 0 Å². The summed E-state index contributed by atoms with van der Waals surface area (Å²) in [5.41, 5.74) is 0.222. The Bertz CT molecular complexity index is 430. The van der Waals surface area contributed by atoms with E-state index in [0.29, 0.717) is 18.1 Å². The molecule has 0 fully saturated rings. The summed E-state index contributed by atoms with van der Waals surface area (Å²) in [7, 11) is 0. The van der Waals surface area contributed by atoms with Crippen molar-refractivity contribution >= 4 is 5.91 Å². The summed E-state index contributed by atoms with van der Waals surface area (Å²) in [6.07, 6.45) is 0.439. The number of ether oxygens (including phenoxy) is 1. The maximum Gasteiger partial charge on any atom is 0.258 e. The molecule has 0 unspecified atom stereocenters. The van der Waals surface area contributed by atoms with Gasteiger partial charge >= 0.3 is 0 Å². The molecule has 0 aliphatic heterocycles. The third kappa shape index (κ3) is 5.02. The Kier molecular flexibility index (Phi) is 6.65. The fourth-order valence-corrected chi connectivity index (χ4v) is 1.87. The van der Waals surface area contributed by atoms with E-state index in [-0.39, 0.29) is 25.7 Å². The lowest BCUT2D eigenvalue weighted by molar-refractivity contribution is -0.126. The molecule has 0 aliphatic carbocycles. The summed E-state index contributed by atoms with van der Waals surface area (Å²) in [6.45, 7) is 5.24. The van der Waals surface area contributed by atoms with Gasteiger partial charge in [-0.15, -0.1) is 0 Å². The molecular formula is C16H25NO4. The highest BCUT2D eigenvalue weighted by Crippen LogP contribution is 2.18. The van der Waals surface area contributed by atoms with Crippen LogP contribution in [0, 0.1) is 0 Å². The maximum absolute atomic E-state index is 11.8. The number of amides is 1. The molecule has 5 heteroatoms. The van der Waals surface area contributed by atoms with E-state index in [1.165, 1.54) is 5.56 Å². The Hall–Kier alpha value is -1.59. The minimum absolute atomic E-state index is 0.150. The fraction of sp³-hybridized carbons (Fsp3) is 0.562. The highest BCUT2D eigenvalue weighted by molar-refractivity contribution is 5.78. The number of carbonyl (C=O) groups excluding carboxylic acids is 1. The molecule has 1 rings (SSSR count). The first-order valence-corrected chi connectivity index (χ1v) is 7.22. The van der Waals surface area contributed by atoms with Crippen molar-refractivity contribution in [1.82, 2.24) is 5.32 Å². The van der Waals surface area contributed by atoms with Crippen LogP contribution in [0.25, 0.3) is 0 Å². The van der Waals surface area contributed by atoms with E-state index in [4.69, 9.17) is 4.74 Å². The van der Waals surface area contributed by atoms with Crippen LogP contribution in [0.2, 0.25) is 0 Å². The Labute approximate surface area is 125 Å². The van der Waals surface area contributed by atoms with Crippen molar-refractivity contribution in [3.8, 4) is 5.75 Å². The average Bonchev–Trinajstić information content (AvgIpc) is 2.51. The third-order valence-electron chi connectivity index (χ3n) is 3.60. The zero-order valence-electron chi connectivity index (χ0n) is 12.9. The van der Waals surface area contributed by atoms with Gasteiger partial charge in [0.05, 0.1) is 18.8 Å². The first-order valence-electron chi connectivity index (χ1n) is 7.22. The molecule has 0 aliphatic rings. The summed E-state index contributed by atoms with van der Waals surface area (Å²) in [6, 6.07) is 7.59. The molecule has 0 radical (unpaired) electrons. The molecule has 1 aromatic rings. The van der Waals surface area contributed by atoms with Gasteiger partial charge in [0.15, 0.2) is 6.61 Å². The monoisotopic (exact) mass is 295 g/mol. The molecule has 5 nitrogen and oxygen atoms in total. The van der Waals surface area contributed by atoms with Crippen LogP contribution in [0.1, 0.15) is 38.7 Å². The molecule has 0 aromatic heterocycles. The van der Waals surface area contributed by atoms with Gasteiger partial charge in [-0.1, -0.05) is 32.9 Å². The van der Waals surface area contributed by atoms with Crippen molar-refractivity contribution in [3.63, 3.8) is 0 Å². The Morgan fingerprint density at radius 3 is 2.24 bits per heavy atom. The van der Waals surface area contributed by atoms with Crippen LogP contribution in [0.3, 0.4) is 0 Å². The lowest BCUT2D eigenvalue weighted by Crippen LogP contribution is -2.54. The van der Waals surface area contributed by atoms with Crippen LogP contribution in [0.15, 0.2) is 24.3 Å². The second-order valence-electron chi connectivity index (χ2n) is 5.51. The molecular weight excluding hydrogens is 270 g/mol. The topological polar surface area (TPSA) is 78.8 Å². The smallest absolute Gasteiger partial charge is 0.258 e. The normalized spacial score (nSPS) is 11.5. The molecule has 0 atom stereocenters. The minimum atomic E-state index is -0.984. The van der Waals surface area contributed by atoms with Gasteiger partial charge in [-0.05, 0) is 30.0 Å². The molecule has 0 spiro atoms. The lowest BCUT2D eigenvalue weighted by Gasteiger charge is -2.29. The van der Waals surface area contributed by atoms with Crippen molar-refractivity contribution in [2.75, 3.05) is 19.8 Å². The van der Waals surface area contributed by atoms with Crippen LogP contribution in [0.4, 0.5) is 0 Å². The number of benzene rings is 1. The van der Waals surface area contributed by atoms with Crippen molar-refractivity contribution < 1.29 is 19.7 Å². The van der Waals surface area contributed by atoms with Gasteiger partial charge in [0.25, 0.3) is 5.91 Å². The number of nitrogens with one attached hydrogen (secondary N) is 1. The lowest BCUT2D eigenvalue weighted by atomic mass is 9.98. The van der Waals surface area contributed by atoms with E-state index in [1.807, 2.05) is 24.3 Å². The third-order valence-corrected chi connectivity index (χ3v) is 3.60. The van der Waals surface area contributed by atoms with E-state index < -0.39 is 5.54 Å². The molecule has 118 valence electrons. The molecule has 0 heterocycles. The SMILES string of the molecule is CCC(CO)(CO)NC(=O)COc1ccc(C(C)C)cc1. The Balaban J connectivity index is 2.53. The summed E-state index contributed by atoms with van der Waals surface area (Å²) < 4.78 is 5.41. The van der Waals surface area contributed by atoms with Gasteiger partial charge in [-0.2, -0.15) is 0 Å². The van der Waals surface area contributed by atoms with Crippen molar-refractivity contribution in [1.29, 1.82) is 0 Å². The number of aliphatic hydroxyl groups is 2. The fourth-order valence-electron chi connectivity index (χ4n) is 1.87. The van der Waals surface area contributed by atoms with Crippen LogP contribution >= 0.6 is 0 Å². The van der Waals surface area contributed by atoms with Crippen LogP contribution in [-0.2, 0) is 4.79 Å². The first-order chi connectivity index (χ1) is 9.96. The van der Waals surface area contributed by atoms with Crippen molar-refractivity contribution in [2.24, 2.45) is 0 Å². The van der Waals surface area contributed by atoms with E-state index in [9.17, 15) is 15.0 Å². The van der Waals surface area contributed by atoms with Gasteiger partial charge in [-0.3, -0.25) is 4.79 Å². The molecule has 1 amide bonds. The second-order valence-corrected chi connectivity index (χ2v) is 5.51. The van der Waals surface area contributed by atoms with Crippen molar-refractivity contribution in [3.05, 3.63) is 29.8 Å². The molecule has 1 aromatic carbocycles. The Morgan fingerprint density at radius 2 is 1.81 bits per heavy atom. The zero-order chi connectivity index (χ0) is 15.9. The first kappa shape index (κ1) is 17.5. The molecule has 3 N–H and O–H groups in total. The van der Waals surface area contributed by atoms with Gasteiger partial charge in [0, 0.05) is 0 Å². The predicted molar refractivity (Wildman–Crippen MR) is 81.4 cm³/mol. The van der Waals surface area contributed by atoms with Crippen LogP contribution in [-0.4, -0.2) is 41.5 Å². The average molecular weight is 295 g/mol. The second kappa shape index (κ2) is 8.00.